The van der Waals surface area contributed by atoms with Gasteiger partial charge in [0.25, 0.3) is 5.91 Å². The second kappa shape index (κ2) is 9.03. The summed E-state index contributed by atoms with van der Waals surface area (Å²) in [6, 6.07) is 14.3. The molecule has 25 heavy (non-hydrogen) atoms. The van der Waals surface area contributed by atoms with Gasteiger partial charge >= 0.3 is 6.03 Å². The van der Waals surface area contributed by atoms with Crippen LogP contribution in [0, 0.1) is 0 Å². The fourth-order valence-electron chi connectivity index (χ4n) is 2.14. The normalized spacial score (nSPS) is 10.0. The maximum atomic E-state index is 12.3. The number of hydrogen-bond donors (Lipinski definition) is 2. The lowest BCUT2D eigenvalue weighted by Crippen LogP contribution is -2.31. The number of urea groups is 1. The summed E-state index contributed by atoms with van der Waals surface area (Å²) < 4.78 is 0.963. The van der Waals surface area contributed by atoms with E-state index in [1.165, 1.54) is 0 Å². The van der Waals surface area contributed by atoms with Crippen molar-refractivity contribution in [2.45, 2.75) is 6.54 Å². The summed E-state index contributed by atoms with van der Waals surface area (Å²) in [6.45, 7) is 4.45. The molecule has 2 aromatic carbocycles. The van der Waals surface area contributed by atoms with Crippen LogP contribution in [0.2, 0.25) is 0 Å². The molecule has 2 aromatic rings. The first-order valence-electron chi connectivity index (χ1n) is 7.76. The predicted molar refractivity (Wildman–Crippen MR) is 104 cm³/mol. The Balaban J connectivity index is 1.94. The summed E-state index contributed by atoms with van der Waals surface area (Å²) >= 11 is 3.48. The standard InChI is InChI=1S/C19H20BrN3O2/c1-3-12-21-18(24)14-8-10-16(11-9-14)22-19(25)23(2)13-15-6-4-5-7-17(15)20/h3-11H,1,12-13H2,2H3,(H,21,24)(H,22,25). The zero-order valence-corrected chi connectivity index (χ0v) is 15.5. The van der Waals surface area contributed by atoms with Gasteiger partial charge in [-0.05, 0) is 35.9 Å². The van der Waals surface area contributed by atoms with Crippen molar-refractivity contribution >= 4 is 33.6 Å². The molecule has 0 spiro atoms. The largest absolute Gasteiger partial charge is 0.349 e. The van der Waals surface area contributed by atoms with Gasteiger partial charge < -0.3 is 15.5 Å². The zero-order valence-electron chi connectivity index (χ0n) is 14.0. The van der Waals surface area contributed by atoms with Gasteiger partial charge in [-0.2, -0.15) is 0 Å². The third kappa shape index (κ3) is 5.46. The van der Waals surface area contributed by atoms with Gasteiger partial charge in [-0.1, -0.05) is 40.2 Å². The second-order valence-corrected chi connectivity index (χ2v) is 6.31. The van der Waals surface area contributed by atoms with Crippen molar-refractivity contribution in [1.82, 2.24) is 10.2 Å². The van der Waals surface area contributed by atoms with Crippen molar-refractivity contribution in [2.24, 2.45) is 0 Å². The highest BCUT2D eigenvalue weighted by molar-refractivity contribution is 9.10. The average Bonchev–Trinajstić information content (AvgIpc) is 2.62. The molecule has 0 saturated heterocycles. The number of hydrogen-bond acceptors (Lipinski definition) is 2. The highest BCUT2D eigenvalue weighted by Crippen LogP contribution is 2.18. The number of nitrogens with one attached hydrogen (secondary N) is 2. The molecular weight excluding hydrogens is 382 g/mol. The molecule has 0 aliphatic heterocycles. The molecule has 0 bridgehead atoms. The van der Waals surface area contributed by atoms with E-state index < -0.39 is 0 Å². The lowest BCUT2D eigenvalue weighted by molar-refractivity contribution is 0.0958. The molecule has 0 unspecified atom stereocenters. The summed E-state index contributed by atoms with van der Waals surface area (Å²) in [5, 5.41) is 5.52. The smallest absolute Gasteiger partial charge is 0.321 e. The van der Waals surface area contributed by atoms with E-state index in [0.717, 1.165) is 10.0 Å². The van der Waals surface area contributed by atoms with E-state index in [1.807, 2.05) is 24.3 Å². The molecule has 0 fully saturated rings. The topological polar surface area (TPSA) is 61.4 Å². The Morgan fingerprint density at radius 3 is 2.48 bits per heavy atom. The molecule has 0 radical (unpaired) electrons. The third-order valence-electron chi connectivity index (χ3n) is 3.52. The van der Waals surface area contributed by atoms with Gasteiger partial charge in [0.1, 0.15) is 0 Å². The summed E-state index contributed by atoms with van der Waals surface area (Å²) in [6.07, 6.45) is 1.62. The Kier molecular flexibility index (Phi) is 6.77. The van der Waals surface area contributed by atoms with E-state index in [2.05, 4.69) is 33.1 Å². The molecule has 6 heteroatoms. The van der Waals surface area contributed by atoms with Crippen LogP contribution in [-0.2, 0) is 6.54 Å². The monoisotopic (exact) mass is 401 g/mol. The van der Waals surface area contributed by atoms with Gasteiger partial charge in [-0.25, -0.2) is 4.79 Å². The van der Waals surface area contributed by atoms with Crippen LogP contribution in [0.1, 0.15) is 15.9 Å². The predicted octanol–water partition coefficient (Wildman–Crippen LogP) is 4.03. The number of carbonyl (C=O) groups excluding carboxylic acids is 2. The Labute approximate surface area is 155 Å². The minimum atomic E-state index is -0.223. The van der Waals surface area contributed by atoms with E-state index >= 15 is 0 Å². The van der Waals surface area contributed by atoms with Crippen molar-refractivity contribution in [1.29, 1.82) is 0 Å². The van der Waals surface area contributed by atoms with Gasteiger partial charge in [0.15, 0.2) is 0 Å². The van der Waals surface area contributed by atoms with Crippen molar-refractivity contribution < 1.29 is 9.59 Å². The molecule has 0 aliphatic rings. The van der Waals surface area contributed by atoms with Crippen molar-refractivity contribution in [3.05, 3.63) is 76.8 Å². The van der Waals surface area contributed by atoms with Crippen LogP contribution in [0.15, 0.2) is 65.7 Å². The van der Waals surface area contributed by atoms with E-state index in [-0.39, 0.29) is 11.9 Å². The van der Waals surface area contributed by atoms with Crippen LogP contribution in [0.5, 0.6) is 0 Å². The number of carbonyl (C=O) groups is 2. The number of rotatable bonds is 6. The molecule has 0 heterocycles. The first kappa shape index (κ1) is 18.7. The van der Waals surface area contributed by atoms with E-state index in [9.17, 15) is 9.59 Å². The van der Waals surface area contributed by atoms with Gasteiger partial charge in [0, 0.05) is 35.9 Å². The first-order valence-corrected chi connectivity index (χ1v) is 8.55. The minimum Gasteiger partial charge on any atom is -0.349 e. The molecule has 3 amide bonds. The van der Waals surface area contributed by atoms with Crippen molar-refractivity contribution in [2.75, 3.05) is 18.9 Å². The number of nitrogens with zero attached hydrogens (tertiary/aromatic N) is 1. The minimum absolute atomic E-state index is 0.177. The Hall–Kier alpha value is -2.60. The summed E-state index contributed by atoms with van der Waals surface area (Å²) in [7, 11) is 1.73. The van der Waals surface area contributed by atoms with Crippen LogP contribution in [0.25, 0.3) is 0 Å². The number of benzene rings is 2. The molecule has 2 rings (SSSR count). The van der Waals surface area contributed by atoms with Gasteiger partial charge in [0.05, 0.1) is 0 Å². The average molecular weight is 402 g/mol. The lowest BCUT2D eigenvalue weighted by atomic mass is 10.2. The van der Waals surface area contributed by atoms with Crippen LogP contribution in [0.3, 0.4) is 0 Å². The van der Waals surface area contributed by atoms with Crippen LogP contribution in [0.4, 0.5) is 10.5 Å². The molecule has 2 N–H and O–H groups in total. The molecule has 130 valence electrons. The summed E-state index contributed by atoms with van der Waals surface area (Å²) in [5.74, 6) is -0.177. The highest BCUT2D eigenvalue weighted by Gasteiger charge is 2.11. The lowest BCUT2D eigenvalue weighted by Gasteiger charge is -2.19. The van der Waals surface area contributed by atoms with Crippen LogP contribution in [-0.4, -0.2) is 30.4 Å². The number of halogens is 1. The Morgan fingerprint density at radius 1 is 1.16 bits per heavy atom. The Morgan fingerprint density at radius 2 is 1.84 bits per heavy atom. The third-order valence-corrected chi connectivity index (χ3v) is 4.29. The maximum Gasteiger partial charge on any atom is 0.321 e. The number of anilines is 1. The molecule has 0 aromatic heterocycles. The maximum absolute atomic E-state index is 12.3. The molecule has 0 aliphatic carbocycles. The fraction of sp³-hybridized carbons (Fsp3) is 0.158. The summed E-state index contributed by atoms with van der Waals surface area (Å²) in [4.78, 5) is 25.7. The first-order chi connectivity index (χ1) is 12.0. The molecule has 0 saturated carbocycles. The van der Waals surface area contributed by atoms with Gasteiger partial charge in [-0.15, -0.1) is 6.58 Å². The van der Waals surface area contributed by atoms with Gasteiger partial charge in [0.2, 0.25) is 0 Å². The molecular formula is C19H20BrN3O2. The van der Waals surface area contributed by atoms with E-state index in [1.54, 1.807) is 42.3 Å². The van der Waals surface area contributed by atoms with E-state index in [4.69, 9.17) is 0 Å². The fourth-order valence-corrected chi connectivity index (χ4v) is 2.55. The summed E-state index contributed by atoms with van der Waals surface area (Å²) in [5.41, 5.74) is 2.18. The quantitative estimate of drug-likeness (QED) is 0.717. The van der Waals surface area contributed by atoms with Crippen molar-refractivity contribution in [3.63, 3.8) is 0 Å². The SMILES string of the molecule is C=CCNC(=O)c1ccc(NC(=O)N(C)Cc2ccccc2Br)cc1. The molecule has 5 nitrogen and oxygen atoms in total. The number of amides is 3. The second-order valence-electron chi connectivity index (χ2n) is 5.45. The van der Waals surface area contributed by atoms with Crippen LogP contribution < -0.4 is 10.6 Å². The van der Waals surface area contributed by atoms with Crippen LogP contribution >= 0.6 is 15.9 Å². The van der Waals surface area contributed by atoms with Crippen molar-refractivity contribution in [3.8, 4) is 0 Å². The Bertz CT molecular complexity index is 760. The molecule has 0 atom stereocenters. The highest BCUT2D eigenvalue weighted by atomic mass is 79.9. The van der Waals surface area contributed by atoms with E-state index in [0.29, 0.717) is 24.3 Å². The zero-order chi connectivity index (χ0) is 18.2. The van der Waals surface area contributed by atoms with Gasteiger partial charge in [-0.3, -0.25) is 4.79 Å².